The summed E-state index contributed by atoms with van der Waals surface area (Å²) >= 11 is 1.56. The van der Waals surface area contributed by atoms with Gasteiger partial charge in [-0.3, -0.25) is 33.7 Å². The number of halogens is 1. The number of amides is 6. The molecule has 0 saturated carbocycles. The van der Waals surface area contributed by atoms with E-state index < -0.39 is 41.2 Å². The third-order valence-corrected chi connectivity index (χ3v) is 15.1. The van der Waals surface area contributed by atoms with Gasteiger partial charge in [-0.2, -0.15) is 0 Å². The van der Waals surface area contributed by atoms with E-state index in [0.717, 1.165) is 34.7 Å². The highest BCUT2D eigenvalue weighted by Crippen LogP contribution is 2.35. The highest BCUT2D eigenvalue weighted by Gasteiger charge is 2.44. The minimum absolute atomic E-state index is 0.0302. The van der Waals surface area contributed by atoms with Gasteiger partial charge in [0.25, 0.3) is 11.8 Å². The van der Waals surface area contributed by atoms with E-state index in [-0.39, 0.29) is 76.2 Å². The maximum atomic E-state index is 13.9. The molecule has 6 amide bonds. The van der Waals surface area contributed by atoms with Crippen LogP contribution in [-0.4, -0.2) is 195 Å². The number of aliphatic hydroxyl groups excluding tert-OH is 1. The number of thiazole rings is 1. The first kappa shape index (κ1) is 61.2. The van der Waals surface area contributed by atoms with Crippen LogP contribution in [-0.2, 0) is 54.2 Å². The zero-order chi connectivity index (χ0) is 57.3. The number of fused-ring (bicyclic) bond motifs is 1. The smallest absolute Gasteiger partial charge is 0.256 e. The van der Waals surface area contributed by atoms with Gasteiger partial charge in [-0.1, -0.05) is 45.0 Å². The van der Waals surface area contributed by atoms with Crippen molar-refractivity contribution < 1.29 is 61.9 Å². The van der Waals surface area contributed by atoms with Crippen LogP contribution in [0.1, 0.15) is 77.7 Å². The number of rotatable bonds is 28. The van der Waals surface area contributed by atoms with Crippen LogP contribution in [0.3, 0.4) is 0 Å². The molecule has 2 aromatic carbocycles. The molecule has 2 fully saturated rings. The predicted octanol–water partition coefficient (Wildman–Crippen LogP) is 3.85. The van der Waals surface area contributed by atoms with Crippen molar-refractivity contribution in [2.24, 2.45) is 5.41 Å². The Morgan fingerprint density at radius 3 is 2.16 bits per heavy atom. The Labute approximate surface area is 470 Å². The average Bonchev–Trinajstić information content (AvgIpc) is 4.27. The van der Waals surface area contributed by atoms with Gasteiger partial charge in [0.2, 0.25) is 23.6 Å². The maximum absolute atomic E-state index is 13.9. The van der Waals surface area contributed by atoms with Crippen molar-refractivity contribution in [1.29, 1.82) is 0 Å². The first-order valence-electron chi connectivity index (χ1n) is 27.1. The van der Waals surface area contributed by atoms with Gasteiger partial charge in [0.1, 0.15) is 31.1 Å². The van der Waals surface area contributed by atoms with Crippen LogP contribution in [0.15, 0.2) is 48.0 Å². The number of hydrogen-bond acceptors (Lipinski definition) is 15. The van der Waals surface area contributed by atoms with Crippen molar-refractivity contribution in [3.05, 3.63) is 93.1 Å². The fraction of sp³-hybridized carbons (Fsp3) is 0.526. The number of hydrogen-bond donors (Lipinski definition) is 6. The Morgan fingerprint density at radius 2 is 1.52 bits per heavy atom. The number of benzene rings is 2. The predicted molar refractivity (Wildman–Crippen MR) is 299 cm³/mol. The van der Waals surface area contributed by atoms with Gasteiger partial charge in [0, 0.05) is 74.9 Å². The molecule has 2 saturated heterocycles. The van der Waals surface area contributed by atoms with Crippen LogP contribution in [0.2, 0.25) is 0 Å². The van der Waals surface area contributed by atoms with E-state index in [0.29, 0.717) is 105 Å². The minimum atomic E-state index is -0.982. The molecule has 7 rings (SSSR count). The summed E-state index contributed by atoms with van der Waals surface area (Å²) in [5.74, 6) is -2.42. The Morgan fingerprint density at radius 1 is 0.875 bits per heavy atom. The molecule has 80 heavy (non-hydrogen) atoms. The molecule has 3 atom stereocenters. The number of carbonyl (C=O) groups is 6. The topological polar surface area (TPSA) is 255 Å². The lowest BCUT2D eigenvalue weighted by atomic mass is 9.85. The molecule has 0 bridgehead atoms. The average molecular weight is 1130 g/mol. The minimum Gasteiger partial charge on any atom is -0.391 e. The SMILES string of the molecule is Cc1ncsc1-c1ccc(CNC(=O)[C@@H]2C[C@@H](O)CN2C(=O)[C@@H](NC(=O)COCCOCCOCCOCCOCC(=O)N2CCN(CCCNC(=O)c3c(C)[nH]c(/C=C4\C(=O)Nc5ccc(F)cc54)c3C)CC2)C(C)(C)C)cc1. The van der Waals surface area contributed by atoms with Crippen molar-refractivity contribution in [1.82, 2.24) is 40.6 Å². The van der Waals surface area contributed by atoms with Crippen molar-refractivity contribution in [3.8, 4) is 10.4 Å². The van der Waals surface area contributed by atoms with E-state index >= 15 is 0 Å². The summed E-state index contributed by atoms with van der Waals surface area (Å²) in [6.45, 7) is 16.9. The van der Waals surface area contributed by atoms with Crippen LogP contribution in [0, 0.1) is 32.0 Å². The van der Waals surface area contributed by atoms with E-state index in [9.17, 15) is 38.3 Å². The number of nitrogens with zero attached hydrogens (tertiary/aromatic N) is 4. The van der Waals surface area contributed by atoms with Gasteiger partial charge >= 0.3 is 0 Å². The molecule has 4 aromatic rings. The number of nitrogens with one attached hydrogen (secondary N) is 5. The largest absolute Gasteiger partial charge is 0.391 e. The number of piperazine rings is 1. The Balaban J connectivity index is 0.668. The number of carbonyl (C=O) groups excluding carboxylic acids is 6. The first-order valence-corrected chi connectivity index (χ1v) is 28.0. The summed E-state index contributed by atoms with van der Waals surface area (Å²) in [7, 11) is 0. The molecule has 434 valence electrons. The number of aromatic amines is 1. The van der Waals surface area contributed by atoms with Crippen molar-refractivity contribution >= 4 is 64.1 Å². The molecule has 3 aliphatic rings. The second-order valence-electron chi connectivity index (χ2n) is 21.1. The lowest BCUT2D eigenvalue weighted by Crippen LogP contribution is -2.58. The molecule has 2 aromatic heterocycles. The van der Waals surface area contributed by atoms with Gasteiger partial charge in [0.15, 0.2) is 0 Å². The molecule has 21 nitrogen and oxygen atoms in total. The third kappa shape index (κ3) is 17.0. The number of H-pyrrole nitrogens is 1. The van der Waals surface area contributed by atoms with Gasteiger partial charge in [-0.25, -0.2) is 9.37 Å². The van der Waals surface area contributed by atoms with E-state index in [1.807, 2.05) is 58.9 Å². The zero-order valence-electron chi connectivity index (χ0n) is 46.6. The fourth-order valence-corrected chi connectivity index (χ4v) is 10.5. The summed E-state index contributed by atoms with van der Waals surface area (Å²) in [5.41, 5.74) is 7.78. The van der Waals surface area contributed by atoms with Gasteiger partial charge in [-0.05, 0) is 80.1 Å². The molecule has 3 aliphatic heterocycles. The molecule has 23 heteroatoms. The number of aryl methyl sites for hydroxylation is 2. The van der Waals surface area contributed by atoms with Crippen molar-refractivity contribution in [2.75, 3.05) is 117 Å². The molecular formula is C57H76FN9O12S. The highest BCUT2D eigenvalue weighted by atomic mass is 32.1. The Kier molecular flexibility index (Phi) is 22.4. The summed E-state index contributed by atoms with van der Waals surface area (Å²) in [6, 6.07) is 10.1. The Bertz CT molecular complexity index is 2810. The lowest BCUT2D eigenvalue weighted by Gasteiger charge is -2.35. The third-order valence-electron chi connectivity index (χ3n) is 14.1. The van der Waals surface area contributed by atoms with E-state index in [1.54, 1.807) is 34.7 Å². The number of β-amino-alcohol motifs (C(OH)–C–C–N with tert-alkyl or cyclic N) is 1. The van der Waals surface area contributed by atoms with Crippen LogP contribution in [0.25, 0.3) is 22.1 Å². The molecule has 0 spiro atoms. The van der Waals surface area contributed by atoms with E-state index in [4.69, 9.17) is 23.7 Å². The van der Waals surface area contributed by atoms with Crippen molar-refractivity contribution in [2.45, 2.75) is 79.1 Å². The summed E-state index contributed by atoms with van der Waals surface area (Å²) in [5, 5.41) is 22.0. The second-order valence-corrected chi connectivity index (χ2v) is 21.9. The Hall–Kier alpha value is -6.44. The van der Waals surface area contributed by atoms with Crippen LogP contribution in [0.4, 0.5) is 10.1 Å². The van der Waals surface area contributed by atoms with Gasteiger partial charge in [0.05, 0.1) is 86.2 Å². The quantitative estimate of drug-likeness (QED) is 0.0349. The second kappa shape index (κ2) is 29.3. The van der Waals surface area contributed by atoms with E-state index in [1.165, 1.54) is 23.1 Å². The zero-order valence-corrected chi connectivity index (χ0v) is 47.4. The summed E-state index contributed by atoms with van der Waals surface area (Å²) in [4.78, 5) is 92.9. The monoisotopic (exact) mass is 1130 g/mol. The van der Waals surface area contributed by atoms with Crippen molar-refractivity contribution in [3.63, 3.8) is 0 Å². The highest BCUT2D eigenvalue weighted by molar-refractivity contribution is 7.13. The standard InChI is InChI=1S/C57H76FN9O12S/c1-36-46(30-44-43-28-41(58)12-13-45(43)63-53(44)71)62-37(2)50(36)55(73)59-14-7-15-65-16-18-66(19-17-65)49(70)34-79-27-25-77-23-21-75-20-22-76-24-26-78-33-48(69)64-52(57(4,5)6)56(74)67-32-42(68)29-47(67)54(72)60-31-39-8-10-40(11-9-39)51-38(3)61-35-80-51/h8-13,28,30,35,42,47,52,62,68H,7,14-27,29,31-34H2,1-6H3,(H,59,73)(H,60,72)(H,63,71)(H,64,69)/b44-30-/t42-,47+,52-/m1/s1. The molecule has 0 aliphatic carbocycles. The normalized spacial score (nSPS) is 17.4. The molecule has 6 N–H and O–H groups in total. The fourth-order valence-electron chi connectivity index (χ4n) is 9.70. The van der Waals surface area contributed by atoms with Crippen LogP contribution < -0.4 is 21.3 Å². The van der Waals surface area contributed by atoms with Gasteiger partial charge < -0.3 is 64.8 Å². The van der Waals surface area contributed by atoms with E-state index in [2.05, 4.69) is 36.1 Å². The number of aromatic nitrogens is 2. The number of ether oxygens (including phenoxy) is 5. The summed E-state index contributed by atoms with van der Waals surface area (Å²) < 4.78 is 41.7. The molecule has 0 radical (unpaired) electrons. The first-order chi connectivity index (χ1) is 38.4. The number of aliphatic hydroxyl groups is 1. The number of likely N-dealkylation sites (tertiary alicyclic amines) is 1. The molecule has 5 heterocycles. The van der Waals surface area contributed by atoms with Crippen LogP contribution in [0.5, 0.6) is 0 Å². The number of anilines is 1. The molecular weight excluding hydrogens is 1050 g/mol. The van der Waals surface area contributed by atoms with Crippen LogP contribution >= 0.6 is 11.3 Å². The van der Waals surface area contributed by atoms with Gasteiger partial charge in [-0.15, -0.1) is 11.3 Å². The molecule has 0 unspecified atom stereocenters. The summed E-state index contributed by atoms with van der Waals surface area (Å²) in [6.07, 6.45) is 1.57. The lowest BCUT2D eigenvalue weighted by molar-refractivity contribution is -0.144. The maximum Gasteiger partial charge on any atom is 0.256 e.